The third-order valence-electron chi connectivity index (χ3n) is 4.20. The van der Waals surface area contributed by atoms with E-state index < -0.39 is 0 Å². The highest BCUT2D eigenvalue weighted by Crippen LogP contribution is 2.13. The zero-order valence-corrected chi connectivity index (χ0v) is 14.3. The van der Waals surface area contributed by atoms with Crippen LogP contribution in [0.5, 0.6) is 0 Å². The number of ether oxygens (including phenoxy) is 1. The highest BCUT2D eigenvalue weighted by atomic mass is 16.5. The molecule has 2 rings (SSSR count). The highest BCUT2D eigenvalue weighted by Gasteiger charge is 2.22. The van der Waals surface area contributed by atoms with Crippen LogP contribution < -0.4 is 5.32 Å². The minimum atomic E-state index is 0.121. The number of morpholine rings is 1. The number of aromatic nitrogens is 1. The van der Waals surface area contributed by atoms with Crippen molar-refractivity contribution in [3.05, 3.63) is 30.1 Å². The van der Waals surface area contributed by atoms with Crippen LogP contribution in [-0.2, 0) is 16.0 Å². The molecule has 1 amide bonds. The van der Waals surface area contributed by atoms with Gasteiger partial charge in [-0.15, -0.1) is 0 Å². The number of aryl methyl sites for hydroxylation is 1. The third kappa shape index (κ3) is 6.67. The van der Waals surface area contributed by atoms with Crippen LogP contribution in [-0.4, -0.2) is 54.7 Å². The Balaban J connectivity index is 1.76. The number of amides is 1. The largest absolute Gasteiger partial charge is 0.379 e. The van der Waals surface area contributed by atoms with E-state index >= 15 is 0 Å². The minimum absolute atomic E-state index is 0.121. The maximum atomic E-state index is 12.1. The van der Waals surface area contributed by atoms with Crippen LogP contribution >= 0.6 is 0 Å². The predicted molar refractivity (Wildman–Crippen MR) is 91.2 cm³/mol. The zero-order valence-electron chi connectivity index (χ0n) is 14.3. The van der Waals surface area contributed by atoms with Gasteiger partial charge in [0.1, 0.15) is 0 Å². The normalized spacial score (nSPS) is 17.2. The van der Waals surface area contributed by atoms with Crippen molar-refractivity contribution in [3.8, 4) is 0 Å². The van der Waals surface area contributed by atoms with Crippen molar-refractivity contribution in [2.75, 3.05) is 32.8 Å². The zero-order chi connectivity index (χ0) is 16.5. The van der Waals surface area contributed by atoms with E-state index in [1.54, 1.807) is 6.20 Å². The van der Waals surface area contributed by atoms with E-state index in [-0.39, 0.29) is 5.91 Å². The first kappa shape index (κ1) is 17.9. The Labute approximate surface area is 139 Å². The van der Waals surface area contributed by atoms with Gasteiger partial charge in [-0.25, -0.2) is 0 Å². The molecule has 128 valence electrons. The van der Waals surface area contributed by atoms with Crippen LogP contribution in [0.1, 0.15) is 32.3 Å². The molecule has 1 aromatic heterocycles. The lowest BCUT2D eigenvalue weighted by Crippen LogP contribution is -2.49. The van der Waals surface area contributed by atoms with Gasteiger partial charge in [0.05, 0.1) is 13.2 Å². The SMILES string of the molecule is CC(C)CC(CNC(=O)CCc1cccnc1)N1CCOCC1. The molecule has 0 bridgehead atoms. The second-order valence-electron chi connectivity index (χ2n) is 6.60. The van der Waals surface area contributed by atoms with Gasteiger partial charge in [-0.05, 0) is 30.4 Å². The fourth-order valence-corrected chi connectivity index (χ4v) is 2.97. The number of carbonyl (C=O) groups excluding carboxylic acids is 1. The molecule has 1 atom stereocenters. The first-order valence-corrected chi connectivity index (χ1v) is 8.62. The van der Waals surface area contributed by atoms with Crippen molar-refractivity contribution < 1.29 is 9.53 Å². The summed E-state index contributed by atoms with van der Waals surface area (Å²) in [6.07, 6.45) is 5.93. The van der Waals surface area contributed by atoms with Gasteiger partial charge in [0.25, 0.3) is 0 Å². The van der Waals surface area contributed by atoms with Crippen molar-refractivity contribution in [2.24, 2.45) is 5.92 Å². The number of pyridine rings is 1. The van der Waals surface area contributed by atoms with Crippen LogP contribution in [0.3, 0.4) is 0 Å². The van der Waals surface area contributed by atoms with Crippen LogP contribution in [0.2, 0.25) is 0 Å². The Kier molecular flexibility index (Phi) is 7.49. The maximum Gasteiger partial charge on any atom is 0.220 e. The van der Waals surface area contributed by atoms with Gasteiger partial charge < -0.3 is 10.1 Å². The monoisotopic (exact) mass is 319 g/mol. The van der Waals surface area contributed by atoms with Crippen molar-refractivity contribution in [1.29, 1.82) is 0 Å². The van der Waals surface area contributed by atoms with E-state index in [0.717, 1.165) is 51.3 Å². The lowest BCUT2D eigenvalue weighted by molar-refractivity contribution is -0.121. The smallest absolute Gasteiger partial charge is 0.220 e. The molecule has 23 heavy (non-hydrogen) atoms. The molecular formula is C18H29N3O2. The third-order valence-corrected chi connectivity index (χ3v) is 4.20. The van der Waals surface area contributed by atoms with Crippen molar-refractivity contribution in [2.45, 2.75) is 39.2 Å². The molecule has 0 saturated carbocycles. The Morgan fingerprint density at radius 1 is 1.39 bits per heavy atom. The average Bonchev–Trinajstić information content (AvgIpc) is 2.58. The molecule has 0 aromatic carbocycles. The Hall–Kier alpha value is -1.46. The number of hydrogen-bond acceptors (Lipinski definition) is 4. The van der Waals surface area contributed by atoms with E-state index in [2.05, 4.69) is 29.0 Å². The topological polar surface area (TPSA) is 54.5 Å². The quantitative estimate of drug-likeness (QED) is 0.795. The lowest BCUT2D eigenvalue weighted by Gasteiger charge is -2.35. The summed E-state index contributed by atoms with van der Waals surface area (Å²) in [6, 6.07) is 4.32. The van der Waals surface area contributed by atoms with Gasteiger partial charge in [-0.3, -0.25) is 14.7 Å². The second-order valence-corrected chi connectivity index (χ2v) is 6.60. The average molecular weight is 319 g/mol. The maximum absolute atomic E-state index is 12.1. The molecule has 1 N–H and O–H groups in total. The van der Waals surface area contributed by atoms with Crippen molar-refractivity contribution in [3.63, 3.8) is 0 Å². The number of hydrogen-bond donors (Lipinski definition) is 1. The number of rotatable bonds is 8. The lowest BCUT2D eigenvalue weighted by atomic mass is 10.0. The van der Waals surface area contributed by atoms with E-state index in [1.807, 2.05) is 18.3 Å². The summed E-state index contributed by atoms with van der Waals surface area (Å²) in [5, 5.41) is 3.11. The molecule has 5 heteroatoms. The van der Waals surface area contributed by atoms with Gasteiger partial charge in [-0.2, -0.15) is 0 Å². The van der Waals surface area contributed by atoms with Crippen LogP contribution in [0, 0.1) is 5.92 Å². The van der Waals surface area contributed by atoms with Gasteiger partial charge in [0.15, 0.2) is 0 Å². The van der Waals surface area contributed by atoms with Crippen LogP contribution in [0.4, 0.5) is 0 Å². The molecular weight excluding hydrogens is 290 g/mol. The summed E-state index contributed by atoms with van der Waals surface area (Å²) >= 11 is 0. The van der Waals surface area contributed by atoms with Crippen LogP contribution in [0.25, 0.3) is 0 Å². The van der Waals surface area contributed by atoms with Gasteiger partial charge in [0.2, 0.25) is 5.91 Å². The first-order chi connectivity index (χ1) is 11.1. The molecule has 0 radical (unpaired) electrons. The van der Waals surface area contributed by atoms with E-state index in [1.165, 1.54) is 0 Å². The first-order valence-electron chi connectivity index (χ1n) is 8.62. The molecule has 1 aliphatic rings. The molecule has 1 aromatic rings. The van der Waals surface area contributed by atoms with Gasteiger partial charge in [-0.1, -0.05) is 19.9 Å². The van der Waals surface area contributed by atoms with E-state index in [4.69, 9.17) is 4.74 Å². The van der Waals surface area contributed by atoms with Crippen molar-refractivity contribution >= 4 is 5.91 Å². The summed E-state index contributed by atoms with van der Waals surface area (Å²) in [5.41, 5.74) is 1.11. The van der Waals surface area contributed by atoms with Crippen LogP contribution in [0.15, 0.2) is 24.5 Å². The number of carbonyl (C=O) groups is 1. The van der Waals surface area contributed by atoms with Gasteiger partial charge in [0, 0.05) is 44.5 Å². The number of nitrogens with zero attached hydrogens (tertiary/aromatic N) is 2. The molecule has 0 aliphatic carbocycles. The van der Waals surface area contributed by atoms with Gasteiger partial charge >= 0.3 is 0 Å². The van der Waals surface area contributed by atoms with E-state index in [9.17, 15) is 4.79 Å². The molecule has 0 spiro atoms. The predicted octanol–water partition coefficient (Wildman–Crippen LogP) is 1.88. The molecule has 2 heterocycles. The Morgan fingerprint density at radius 2 is 2.17 bits per heavy atom. The van der Waals surface area contributed by atoms with E-state index in [0.29, 0.717) is 18.4 Å². The molecule has 1 aliphatic heterocycles. The molecule has 1 fully saturated rings. The summed E-state index contributed by atoms with van der Waals surface area (Å²) in [7, 11) is 0. The standard InChI is InChI=1S/C18H29N3O2/c1-15(2)12-17(21-8-10-23-11-9-21)14-20-18(22)6-5-16-4-3-7-19-13-16/h3-4,7,13,15,17H,5-6,8-12,14H2,1-2H3,(H,20,22). The molecule has 1 unspecified atom stereocenters. The molecule has 1 saturated heterocycles. The second kappa shape index (κ2) is 9.63. The Morgan fingerprint density at radius 3 is 2.83 bits per heavy atom. The minimum Gasteiger partial charge on any atom is -0.379 e. The summed E-state index contributed by atoms with van der Waals surface area (Å²) in [5.74, 6) is 0.742. The fraction of sp³-hybridized carbons (Fsp3) is 0.667. The highest BCUT2D eigenvalue weighted by molar-refractivity contribution is 5.76. The fourth-order valence-electron chi connectivity index (χ4n) is 2.97. The summed E-state index contributed by atoms with van der Waals surface area (Å²) in [6.45, 7) is 8.71. The number of nitrogens with one attached hydrogen (secondary N) is 1. The Bertz CT molecular complexity index is 459. The molecule has 5 nitrogen and oxygen atoms in total. The summed E-state index contributed by atoms with van der Waals surface area (Å²) in [4.78, 5) is 18.6. The summed E-state index contributed by atoms with van der Waals surface area (Å²) < 4.78 is 5.43. The van der Waals surface area contributed by atoms with Crippen molar-refractivity contribution in [1.82, 2.24) is 15.2 Å².